The normalized spacial score (nSPS) is 12.6. The van der Waals surface area contributed by atoms with E-state index in [0.717, 1.165) is 15.2 Å². The van der Waals surface area contributed by atoms with E-state index in [1.807, 2.05) is 31.4 Å². The van der Waals surface area contributed by atoms with Crippen molar-refractivity contribution in [3.8, 4) is 0 Å². The smallest absolute Gasteiger partial charge is 0.117 e. The summed E-state index contributed by atoms with van der Waals surface area (Å²) >= 11 is 4.93. The molecule has 0 saturated carbocycles. The Morgan fingerprint density at radius 1 is 1.32 bits per heavy atom. The van der Waals surface area contributed by atoms with Gasteiger partial charge in [0.15, 0.2) is 0 Å². The van der Waals surface area contributed by atoms with Gasteiger partial charge in [-0.15, -0.1) is 11.3 Å². The van der Waals surface area contributed by atoms with Crippen LogP contribution >= 0.6 is 27.3 Å². The maximum Gasteiger partial charge on any atom is 0.117 e. The SMILES string of the molecule is Cc1cc(C)cc(C(O)CNCc2nc(Br)cs2)c1. The van der Waals surface area contributed by atoms with Gasteiger partial charge in [0.25, 0.3) is 0 Å². The predicted octanol–water partition coefficient (Wildman–Crippen LogP) is 3.35. The van der Waals surface area contributed by atoms with Crippen LogP contribution in [0, 0.1) is 13.8 Å². The van der Waals surface area contributed by atoms with Crippen molar-refractivity contribution < 1.29 is 5.11 Å². The highest BCUT2D eigenvalue weighted by Crippen LogP contribution is 2.17. The zero-order valence-corrected chi connectivity index (χ0v) is 13.4. The number of aliphatic hydroxyl groups excluding tert-OH is 1. The summed E-state index contributed by atoms with van der Waals surface area (Å²) in [4.78, 5) is 4.30. The Morgan fingerprint density at radius 3 is 2.58 bits per heavy atom. The van der Waals surface area contributed by atoms with E-state index in [1.165, 1.54) is 11.1 Å². The molecule has 0 amide bonds. The van der Waals surface area contributed by atoms with Crippen molar-refractivity contribution in [3.05, 3.63) is 49.9 Å². The lowest BCUT2D eigenvalue weighted by molar-refractivity contribution is 0.174. The predicted molar refractivity (Wildman–Crippen MR) is 82.4 cm³/mol. The highest BCUT2D eigenvalue weighted by atomic mass is 79.9. The van der Waals surface area contributed by atoms with Crippen LogP contribution < -0.4 is 5.32 Å². The third-order valence-electron chi connectivity index (χ3n) is 2.77. The van der Waals surface area contributed by atoms with Gasteiger partial charge < -0.3 is 10.4 Å². The molecule has 19 heavy (non-hydrogen) atoms. The van der Waals surface area contributed by atoms with Gasteiger partial charge in [-0.05, 0) is 35.3 Å². The van der Waals surface area contributed by atoms with Crippen molar-refractivity contribution in [2.45, 2.75) is 26.5 Å². The fourth-order valence-electron chi connectivity index (χ4n) is 2.01. The molecule has 0 aliphatic carbocycles. The number of halogens is 1. The summed E-state index contributed by atoms with van der Waals surface area (Å²) in [5.74, 6) is 0. The molecule has 102 valence electrons. The molecule has 1 heterocycles. The molecule has 0 aliphatic heterocycles. The molecule has 1 unspecified atom stereocenters. The maximum absolute atomic E-state index is 10.2. The van der Waals surface area contributed by atoms with Gasteiger partial charge in [0.05, 0.1) is 6.10 Å². The molecule has 0 aliphatic rings. The first kappa shape index (κ1) is 14.7. The van der Waals surface area contributed by atoms with Crippen molar-refractivity contribution in [2.75, 3.05) is 6.54 Å². The Morgan fingerprint density at radius 2 is 2.00 bits per heavy atom. The number of thiazole rings is 1. The molecule has 2 rings (SSSR count). The molecule has 3 nitrogen and oxygen atoms in total. The van der Waals surface area contributed by atoms with E-state index in [0.29, 0.717) is 13.1 Å². The molecule has 0 saturated heterocycles. The summed E-state index contributed by atoms with van der Waals surface area (Å²) in [6.07, 6.45) is -0.484. The summed E-state index contributed by atoms with van der Waals surface area (Å²) in [5.41, 5.74) is 3.32. The Labute approximate surface area is 125 Å². The number of nitrogens with zero attached hydrogens (tertiary/aromatic N) is 1. The number of hydrogen-bond donors (Lipinski definition) is 2. The first-order valence-electron chi connectivity index (χ1n) is 6.11. The number of rotatable bonds is 5. The van der Waals surface area contributed by atoms with Gasteiger partial charge in [-0.25, -0.2) is 4.98 Å². The van der Waals surface area contributed by atoms with Crippen molar-refractivity contribution >= 4 is 27.3 Å². The molecule has 0 bridgehead atoms. The zero-order chi connectivity index (χ0) is 13.8. The van der Waals surface area contributed by atoms with E-state index in [-0.39, 0.29) is 0 Å². The van der Waals surface area contributed by atoms with Crippen LogP contribution in [-0.4, -0.2) is 16.6 Å². The monoisotopic (exact) mass is 340 g/mol. The third-order valence-corrected chi connectivity index (χ3v) is 4.32. The molecular formula is C14H17BrN2OS. The number of nitrogens with one attached hydrogen (secondary N) is 1. The Kier molecular flexibility index (Phi) is 5.10. The summed E-state index contributed by atoms with van der Waals surface area (Å²) in [6.45, 7) is 5.30. The Hall–Kier alpha value is -0.750. The average molecular weight is 341 g/mol. The highest BCUT2D eigenvalue weighted by Gasteiger charge is 2.08. The molecule has 2 aromatic rings. The molecule has 5 heteroatoms. The lowest BCUT2D eigenvalue weighted by Crippen LogP contribution is -2.21. The average Bonchev–Trinajstić information content (AvgIpc) is 2.73. The van der Waals surface area contributed by atoms with E-state index in [2.05, 4.69) is 32.3 Å². The van der Waals surface area contributed by atoms with Crippen LogP contribution in [0.2, 0.25) is 0 Å². The van der Waals surface area contributed by atoms with E-state index in [9.17, 15) is 5.11 Å². The molecule has 0 radical (unpaired) electrons. The van der Waals surface area contributed by atoms with Gasteiger partial charge in [0.1, 0.15) is 9.61 Å². The maximum atomic E-state index is 10.2. The van der Waals surface area contributed by atoms with Gasteiger partial charge in [-0.3, -0.25) is 0 Å². The van der Waals surface area contributed by atoms with Crippen LogP contribution in [0.5, 0.6) is 0 Å². The van der Waals surface area contributed by atoms with Crippen LogP contribution in [0.15, 0.2) is 28.2 Å². The van der Waals surface area contributed by atoms with Gasteiger partial charge in [0, 0.05) is 18.5 Å². The van der Waals surface area contributed by atoms with Crippen LogP contribution in [0.3, 0.4) is 0 Å². The summed E-state index contributed by atoms with van der Waals surface area (Å²) in [7, 11) is 0. The zero-order valence-electron chi connectivity index (χ0n) is 11.0. The van der Waals surface area contributed by atoms with Gasteiger partial charge >= 0.3 is 0 Å². The van der Waals surface area contributed by atoms with E-state index in [4.69, 9.17) is 0 Å². The number of aliphatic hydroxyl groups is 1. The van der Waals surface area contributed by atoms with E-state index < -0.39 is 6.10 Å². The van der Waals surface area contributed by atoms with E-state index >= 15 is 0 Å². The van der Waals surface area contributed by atoms with Crippen molar-refractivity contribution in [1.82, 2.24) is 10.3 Å². The highest BCUT2D eigenvalue weighted by molar-refractivity contribution is 9.10. The number of hydrogen-bond acceptors (Lipinski definition) is 4. The molecule has 0 fully saturated rings. The van der Waals surface area contributed by atoms with Crippen LogP contribution in [0.25, 0.3) is 0 Å². The standard InChI is InChI=1S/C14H17BrN2OS/c1-9-3-10(2)5-11(4-9)12(18)6-16-7-14-17-13(15)8-19-14/h3-5,8,12,16,18H,6-7H2,1-2H3. The molecular weight excluding hydrogens is 324 g/mol. The summed E-state index contributed by atoms with van der Waals surface area (Å²) in [5, 5.41) is 16.4. The number of aromatic nitrogens is 1. The Balaban J connectivity index is 1.88. The first-order valence-corrected chi connectivity index (χ1v) is 7.79. The molecule has 1 aromatic heterocycles. The molecule has 0 spiro atoms. The Bertz CT molecular complexity index is 536. The van der Waals surface area contributed by atoms with E-state index in [1.54, 1.807) is 11.3 Å². The summed E-state index contributed by atoms with van der Waals surface area (Å²) < 4.78 is 0.865. The van der Waals surface area contributed by atoms with Crippen molar-refractivity contribution in [2.24, 2.45) is 0 Å². The fourth-order valence-corrected chi connectivity index (χ4v) is 3.24. The minimum atomic E-state index is -0.484. The quantitative estimate of drug-likeness (QED) is 0.877. The second kappa shape index (κ2) is 6.61. The number of aryl methyl sites for hydroxylation is 2. The third kappa shape index (κ3) is 4.38. The lowest BCUT2D eigenvalue weighted by atomic mass is 10.0. The second-order valence-corrected chi connectivity index (χ2v) is 6.39. The molecule has 1 atom stereocenters. The van der Waals surface area contributed by atoms with Crippen molar-refractivity contribution in [1.29, 1.82) is 0 Å². The van der Waals surface area contributed by atoms with Crippen LogP contribution in [0.1, 0.15) is 27.8 Å². The molecule has 1 aromatic carbocycles. The van der Waals surface area contributed by atoms with Crippen LogP contribution in [0.4, 0.5) is 0 Å². The minimum absolute atomic E-state index is 0.484. The number of benzene rings is 1. The minimum Gasteiger partial charge on any atom is -0.387 e. The topological polar surface area (TPSA) is 45.1 Å². The first-order chi connectivity index (χ1) is 9.04. The second-order valence-electron chi connectivity index (χ2n) is 4.63. The fraction of sp³-hybridized carbons (Fsp3) is 0.357. The lowest BCUT2D eigenvalue weighted by Gasteiger charge is -2.13. The van der Waals surface area contributed by atoms with Gasteiger partial charge in [-0.1, -0.05) is 29.3 Å². The van der Waals surface area contributed by atoms with Gasteiger partial charge in [-0.2, -0.15) is 0 Å². The van der Waals surface area contributed by atoms with Crippen molar-refractivity contribution in [3.63, 3.8) is 0 Å². The summed E-state index contributed by atoms with van der Waals surface area (Å²) in [6, 6.07) is 6.16. The largest absolute Gasteiger partial charge is 0.387 e. The van der Waals surface area contributed by atoms with Gasteiger partial charge in [0.2, 0.25) is 0 Å². The molecule has 2 N–H and O–H groups in total. The van der Waals surface area contributed by atoms with Crippen LogP contribution in [-0.2, 0) is 6.54 Å².